The van der Waals surface area contributed by atoms with Gasteiger partial charge in [-0.25, -0.2) is 0 Å². The van der Waals surface area contributed by atoms with E-state index in [4.69, 9.17) is 0 Å². The Morgan fingerprint density at radius 1 is 0.929 bits per heavy atom. The molecule has 3 nitrogen and oxygen atoms in total. The van der Waals surface area contributed by atoms with Crippen molar-refractivity contribution in [2.24, 2.45) is 0 Å². The molecule has 1 N–H and O–H groups in total. The maximum Gasteiger partial charge on any atom is 2.00 e. The summed E-state index contributed by atoms with van der Waals surface area (Å²) >= 11 is 0. The summed E-state index contributed by atoms with van der Waals surface area (Å²) in [4.78, 5) is 8.12. The smallest absolute Gasteiger partial charge is 0.506 e. The zero-order valence-corrected chi connectivity index (χ0v) is 8.97. The van der Waals surface area contributed by atoms with Gasteiger partial charge in [0.05, 0.1) is 5.69 Å². The van der Waals surface area contributed by atoms with Gasteiger partial charge < -0.3 is 5.11 Å². The van der Waals surface area contributed by atoms with Gasteiger partial charge in [0.25, 0.3) is 0 Å². The van der Waals surface area contributed by atoms with Crippen molar-refractivity contribution in [1.82, 2.24) is 9.97 Å². The monoisotopic (exact) mass is 274 g/mol. The molecule has 2 aromatic heterocycles. The second-order valence-electron chi connectivity index (χ2n) is 2.59. The van der Waals surface area contributed by atoms with Gasteiger partial charge >= 0.3 is 19.5 Å². The number of pyridine rings is 2. The molecule has 0 atom stereocenters. The van der Waals surface area contributed by atoms with Gasteiger partial charge in [-0.2, -0.15) is 0 Å². The molecule has 0 radical (unpaired) electrons. The van der Waals surface area contributed by atoms with Crippen LogP contribution < -0.4 is 0 Å². The Hall–Kier alpha value is -1.28. The van der Waals surface area contributed by atoms with E-state index in [0.29, 0.717) is 11.4 Å². The number of aromatic hydroxyl groups is 1. The molecule has 2 rings (SSSR count). The van der Waals surface area contributed by atoms with Crippen LogP contribution in [0.15, 0.2) is 42.7 Å². The Bertz CT molecular complexity index is 406. The van der Waals surface area contributed by atoms with Crippen LogP contribution in [0.4, 0.5) is 0 Å². The summed E-state index contributed by atoms with van der Waals surface area (Å²) in [6.45, 7) is 0. The summed E-state index contributed by atoms with van der Waals surface area (Å²) in [5.74, 6) is 0.154. The van der Waals surface area contributed by atoms with Gasteiger partial charge in [0.1, 0.15) is 11.4 Å². The molecule has 0 amide bonds. The van der Waals surface area contributed by atoms with E-state index in [-0.39, 0.29) is 25.2 Å². The zero-order chi connectivity index (χ0) is 9.10. The third-order valence-corrected chi connectivity index (χ3v) is 1.69. The fraction of sp³-hybridized carbons (Fsp3) is 0. The van der Waals surface area contributed by atoms with Crippen LogP contribution >= 0.6 is 0 Å². The van der Waals surface area contributed by atoms with Crippen molar-refractivity contribution in [2.75, 3.05) is 0 Å². The zero-order valence-electron chi connectivity index (χ0n) is 7.24. The van der Waals surface area contributed by atoms with Crippen LogP contribution in [0.25, 0.3) is 11.4 Å². The normalized spacial score (nSPS) is 9.14. The molecule has 0 spiro atoms. The van der Waals surface area contributed by atoms with Crippen LogP contribution in [0.3, 0.4) is 0 Å². The van der Waals surface area contributed by atoms with Crippen molar-refractivity contribution in [1.29, 1.82) is 0 Å². The molecule has 14 heavy (non-hydrogen) atoms. The molecule has 0 aliphatic rings. The van der Waals surface area contributed by atoms with E-state index in [1.54, 1.807) is 24.5 Å². The Balaban J connectivity index is 0.000000980. The second-order valence-corrected chi connectivity index (χ2v) is 2.59. The van der Waals surface area contributed by atoms with E-state index < -0.39 is 0 Å². The van der Waals surface area contributed by atoms with Crippen LogP contribution in [0.5, 0.6) is 5.75 Å². The largest absolute Gasteiger partial charge is 2.00 e. The topological polar surface area (TPSA) is 46.0 Å². The number of nitrogens with zero attached hydrogens (tertiary/aromatic N) is 2. The molecular weight excluding hydrogens is 265 g/mol. The number of aromatic nitrogens is 2. The summed E-state index contributed by atoms with van der Waals surface area (Å²) in [5, 5.41) is 9.46. The summed E-state index contributed by atoms with van der Waals surface area (Å²) in [7, 11) is 0. The van der Waals surface area contributed by atoms with Gasteiger partial charge in [0.15, 0.2) is 0 Å². The quantitative estimate of drug-likeness (QED) is 0.806. The summed E-state index contributed by atoms with van der Waals surface area (Å²) < 4.78 is 0. The average Bonchev–Trinajstić information content (AvgIpc) is 2.20. The van der Waals surface area contributed by atoms with Crippen LogP contribution in [0, 0.1) is 0 Å². The first-order chi connectivity index (χ1) is 6.38. The van der Waals surface area contributed by atoms with E-state index in [9.17, 15) is 5.11 Å². The SMILES string of the molecule is Oc1cccnc1-c1ccccn1.[Ru+2]. The molecule has 0 saturated heterocycles. The van der Waals surface area contributed by atoms with E-state index in [1.165, 1.54) is 0 Å². The van der Waals surface area contributed by atoms with E-state index in [2.05, 4.69) is 9.97 Å². The molecule has 0 bridgehead atoms. The average molecular weight is 273 g/mol. The standard InChI is InChI=1S/C10H8N2O.Ru/c13-9-5-3-7-12-10(9)8-4-1-2-6-11-8;/h1-7,13H;/q;+2. The van der Waals surface area contributed by atoms with Crippen molar-refractivity contribution < 1.29 is 24.6 Å². The predicted molar refractivity (Wildman–Crippen MR) is 49.1 cm³/mol. The first-order valence-electron chi connectivity index (χ1n) is 3.93. The molecule has 0 aromatic carbocycles. The molecule has 0 fully saturated rings. The van der Waals surface area contributed by atoms with Crippen LogP contribution in [0.2, 0.25) is 0 Å². The fourth-order valence-corrected chi connectivity index (χ4v) is 1.10. The molecule has 2 aromatic rings. The molecular formula is C10H8N2ORu+2. The second kappa shape index (κ2) is 4.82. The van der Waals surface area contributed by atoms with Crippen molar-refractivity contribution in [3.63, 3.8) is 0 Å². The summed E-state index contributed by atoms with van der Waals surface area (Å²) in [6.07, 6.45) is 3.30. The van der Waals surface area contributed by atoms with Gasteiger partial charge in [-0.05, 0) is 24.3 Å². The molecule has 0 saturated carbocycles. The number of rotatable bonds is 1. The molecule has 2 heterocycles. The van der Waals surface area contributed by atoms with Crippen LogP contribution in [-0.4, -0.2) is 15.1 Å². The van der Waals surface area contributed by atoms with E-state index in [0.717, 1.165) is 0 Å². The van der Waals surface area contributed by atoms with Crippen LogP contribution in [0.1, 0.15) is 0 Å². The summed E-state index contributed by atoms with van der Waals surface area (Å²) in [6, 6.07) is 8.76. The van der Waals surface area contributed by atoms with Crippen molar-refractivity contribution in [2.45, 2.75) is 0 Å². The van der Waals surface area contributed by atoms with Gasteiger partial charge in [-0.1, -0.05) is 6.07 Å². The van der Waals surface area contributed by atoms with Crippen molar-refractivity contribution in [3.8, 4) is 17.1 Å². The minimum absolute atomic E-state index is 0. The Morgan fingerprint density at radius 3 is 2.36 bits per heavy atom. The number of hydrogen-bond donors (Lipinski definition) is 1. The maximum atomic E-state index is 9.46. The van der Waals surface area contributed by atoms with E-state index >= 15 is 0 Å². The third kappa shape index (κ3) is 2.15. The maximum absolute atomic E-state index is 9.46. The van der Waals surface area contributed by atoms with Gasteiger partial charge in [0, 0.05) is 12.4 Å². The Kier molecular flexibility index (Phi) is 3.72. The fourth-order valence-electron chi connectivity index (χ4n) is 1.10. The minimum Gasteiger partial charge on any atom is -0.506 e. The van der Waals surface area contributed by atoms with Gasteiger partial charge in [-0.15, -0.1) is 0 Å². The molecule has 0 unspecified atom stereocenters. The first kappa shape index (κ1) is 10.8. The van der Waals surface area contributed by atoms with Crippen molar-refractivity contribution in [3.05, 3.63) is 42.7 Å². The predicted octanol–water partition coefficient (Wildman–Crippen LogP) is 1.85. The Labute approximate surface area is 94.6 Å². The van der Waals surface area contributed by atoms with Crippen molar-refractivity contribution >= 4 is 0 Å². The third-order valence-electron chi connectivity index (χ3n) is 1.69. The number of hydrogen-bond acceptors (Lipinski definition) is 3. The van der Waals surface area contributed by atoms with Gasteiger partial charge in [-0.3, -0.25) is 9.97 Å². The first-order valence-corrected chi connectivity index (χ1v) is 3.93. The molecule has 0 aliphatic heterocycles. The van der Waals surface area contributed by atoms with Gasteiger partial charge in [0.2, 0.25) is 0 Å². The molecule has 70 valence electrons. The Morgan fingerprint density at radius 2 is 1.71 bits per heavy atom. The summed E-state index contributed by atoms with van der Waals surface area (Å²) in [5.41, 5.74) is 1.20. The molecule has 0 aliphatic carbocycles. The molecule has 4 heteroatoms. The minimum atomic E-state index is 0. The van der Waals surface area contributed by atoms with E-state index in [1.807, 2.05) is 18.2 Å². The van der Waals surface area contributed by atoms with Crippen LogP contribution in [-0.2, 0) is 19.5 Å².